The molecule has 0 aliphatic rings. The van der Waals surface area contributed by atoms with Crippen LogP contribution in [0.3, 0.4) is 0 Å². The largest absolute Gasteiger partial charge is 0.384 e. The van der Waals surface area contributed by atoms with Crippen molar-refractivity contribution in [1.29, 1.82) is 0 Å². The molecule has 0 saturated carbocycles. The molecule has 3 N–H and O–H groups in total. The van der Waals surface area contributed by atoms with Crippen LogP contribution in [0.5, 0.6) is 0 Å². The molecular weight excluding hydrogens is 368 g/mol. The van der Waals surface area contributed by atoms with Crippen molar-refractivity contribution in [3.8, 4) is 11.8 Å². The molecule has 1 amide bonds. The lowest BCUT2D eigenvalue weighted by atomic mass is 10.1. The molecule has 2 aromatic heterocycles. The van der Waals surface area contributed by atoms with Crippen molar-refractivity contribution >= 4 is 28.4 Å². The van der Waals surface area contributed by atoms with Crippen LogP contribution in [0.25, 0.3) is 10.9 Å². The van der Waals surface area contributed by atoms with Gasteiger partial charge in [0.05, 0.1) is 29.2 Å². The van der Waals surface area contributed by atoms with Gasteiger partial charge in [-0.05, 0) is 23.8 Å². The molecule has 1 aromatic carbocycles. The van der Waals surface area contributed by atoms with E-state index in [-0.39, 0.29) is 25.3 Å². The highest BCUT2D eigenvalue weighted by Gasteiger charge is 2.15. The Morgan fingerprint density at radius 1 is 1.26 bits per heavy atom. The summed E-state index contributed by atoms with van der Waals surface area (Å²) < 4.78 is 0. The summed E-state index contributed by atoms with van der Waals surface area (Å²) in [6.45, 7) is 0.00350. The molecule has 2 heterocycles. The molecule has 0 radical (unpaired) electrons. The second kappa shape index (κ2) is 8.45. The monoisotopic (exact) mass is 382 g/mol. The number of nitrogens with zero attached hydrogens (tertiary/aromatic N) is 2. The lowest BCUT2D eigenvalue weighted by molar-refractivity contribution is 0.0944. The number of halogens is 1. The van der Waals surface area contributed by atoms with Crippen molar-refractivity contribution in [3.05, 3.63) is 68.7 Å². The van der Waals surface area contributed by atoms with Crippen LogP contribution < -0.4 is 10.7 Å². The minimum Gasteiger partial charge on any atom is -0.384 e. The number of aliphatic hydroxyl groups excluding tert-OH is 1. The summed E-state index contributed by atoms with van der Waals surface area (Å²) in [5.41, 5.74) is 1.12. The van der Waals surface area contributed by atoms with Crippen molar-refractivity contribution in [3.63, 3.8) is 0 Å². The molecule has 3 rings (SSSR count). The van der Waals surface area contributed by atoms with Crippen LogP contribution in [0.1, 0.15) is 21.7 Å². The Morgan fingerprint density at radius 2 is 2.04 bits per heavy atom. The summed E-state index contributed by atoms with van der Waals surface area (Å²) in [6.07, 6.45) is 1.76. The molecular formula is C19H15ClN4O3. The second-order valence-corrected chi connectivity index (χ2v) is 6.06. The molecule has 3 aromatic rings. The average Bonchev–Trinajstić information content (AvgIpc) is 2.68. The van der Waals surface area contributed by atoms with E-state index >= 15 is 0 Å². The van der Waals surface area contributed by atoms with E-state index in [2.05, 4.69) is 32.3 Å². The molecule has 0 aliphatic heterocycles. The van der Waals surface area contributed by atoms with Crippen LogP contribution in [0.2, 0.25) is 5.02 Å². The highest BCUT2D eigenvalue weighted by molar-refractivity contribution is 6.30. The van der Waals surface area contributed by atoms with Crippen molar-refractivity contribution in [2.45, 2.75) is 13.0 Å². The second-order valence-electron chi connectivity index (χ2n) is 5.62. The molecule has 0 aliphatic carbocycles. The van der Waals surface area contributed by atoms with Gasteiger partial charge in [0.1, 0.15) is 6.61 Å². The molecule has 0 bridgehead atoms. The first-order valence-electron chi connectivity index (χ1n) is 8.05. The van der Waals surface area contributed by atoms with Gasteiger partial charge in [-0.15, -0.1) is 0 Å². The van der Waals surface area contributed by atoms with E-state index in [1.165, 1.54) is 6.20 Å². The Labute approximate surface area is 159 Å². The normalized spacial score (nSPS) is 10.3. The first-order chi connectivity index (χ1) is 13.1. The van der Waals surface area contributed by atoms with E-state index < -0.39 is 11.3 Å². The van der Waals surface area contributed by atoms with Gasteiger partial charge in [-0.2, -0.15) is 5.10 Å². The third kappa shape index (κ3) is 4.50. The molecule has 0 unspecified atom stereocenters. The van der Waals surface area contributed by atoms with Crippen LogP contribution in [0.15, 0.2) is 41.3 Å². The van der Waals surface area contributed by atoms with Crippen molar-refractivity contribution < 1.29 is 9.90 Å². The molecule has 7 nitrogen and oxygen atoms in total. The lowest BCUT2D eigenvalue weighted by Gasteiger charge is -2.06. The Morgan fingerprint density at radius 3 is 2.78 bits per heavy atom. The zero-order chi connectivity index (χ0) is 19.2. The predicted molar refractivity (Wildman–Crippen MR) is 101 cm³/mol. The van der Waals surface area contributed by atoms with Gasteiger partial charge >= 0.3 is 0 Å². The van der Waals surface area contributed by atoms with Gasteiger partial charge in [0.25, 0.3) is 5.91 Å². The molecule has 0 fully saturated rings. The van der Waals surface area contributed by atoms with E-state index in [1.807, 2.05) is 0 Å². The Balaban J connectivity index is 1.82. The number of hydrogen-bond donors (Lipinski definition) is 3. The smallest absolute Gasteiger partial charge is 0.276 e. The third-order valence-electron chi connectivity index (χ3n) is 3.76. The standard InChI is InChI=1S/C19H15ClN4O3/c20-13-6-4-12(5-7-13)10-22-19(27)17-18(26)15-9-14(3-1-2-8-25)21-11-16(15)23-24-17/h4-7,9,11,25H,3,8,10H2,(H,22,27)(H,23,26). The van der Waals surface area contributed by atoms with Gasteiger partial charge in [0.2, 0.25) is 5.43 Å². The lowest BCUT2D eigenvalue weighted by Crippen LogP contribution is -2.30. The zero-order valence-corrected chi connectivity index (χ0v) is 14.9. The SMILES string of the molecule is O=C(NCc1ccc(Cl)cc1)c1n[nH]c2cnc(CC#CCO)cc2c1=O. The van der Waals surface area contributed by atoms with Crippen molar-refractivity contribution in [1.82, 2.24) is 20.5 Å². The van der Waals surface area contributed by atoms with Gasteiger partial charge in [0.15, 0.2) is 5.69 Å². The minimum atomic E-state index is -0.577. The number of H-pyrrole nitrogens is 1. The first kappa shape index (κ1) is 18.6. The fourth-order valence-electron chi connectivity index (χ4n) is 2.40. The molecule has 0 saturated heterocycles. The highest BCUT2D eigenvalue weighted by Crippen LogP contribution is 2.10. The number of fused-ring (bicyclic) bond motifs is 1. The van der Waals surface area contributed by atoms with E-state index in [0.717, 1.165) is 5.56 Å². The quantitative estimate of drug-likeness (QED) is 0.592. The fourth-order valence-corrected chi connectivity index (χ4v) is 2.52. The Kier molecular flexibility index (Phi) is 5.81. The molecule has 136 valence electrons. The molecule has 0 atom stereocenters. The number of aromatic nitrogens is 3. The van der Waals surface area contributed by atoms with Crippen LogP contribution in [-0.2, 0) is 13.0 Å². The number of carbonyl (C=O) groups excluding carboxylic acids is 1. The summed E-state index contributed by atoms with van der Waals surface area (Å²) in [7, 11) is 0. The highest BCUT2D eigenvalue weighted by atomic mass is 35.5. The van der Waals surface area contributed by atoms with E-state index in [1.54, 1.807) is 30.3 Å². The molecule has 0 spiro atoms. The number of rotatable bonds is 4. The number of nitrogens with one attached hydrogen (secondary N) is 2. The summed E-state index contributed by atoms with van der Waals surface area (Å²) >= 11 is 5.83. The minimum absolute atomic E-state index is 0.227. The maximum atomic E-state index is 12.6. The number of aromatic amines is 1. The van der Waals surface area contributed by atoms with Gasteiger partial charge in [0, 0.05) is 11.6 Å². The van der Waals surface area contributed by atoms with Gasteiger partial charge in [-0.3, -0.25) is 19.7 Å². The van der Waals surface area contributed by atoms with E-state index in [9.17, 15) is 9.59 Å². The fraction of sp³-hybridized carbons (Fsp3) is 0.158. The number of amides is 1. The number of carbonyl (C=O) groups is 1. The molecule has 8 heteroatoms. The Hall–Kier alpha value is -3.21. The topological polar surface area (TPSA) is 108 Å². The molecule has 27 heavy (non-hydrogen) atoms. The number of aliphatic hydroxyl groups is 1. The first-order valence-corrected chi connectivity index (χ1v) is 8.43. The third-order valence-corrected chi connectivity index (χ3v) is 4.02. The van der Waals surface area contributed by atoms with Crippen molar-refractivity contribution in [2.24, 2.45) is 0 Å². The summed E-state index contributed by atoms with van der Waals surface area (Å²) in [6, 6.07) is 8.58. The summed E-state index contributed by atoms with van der Waals surface area (Å²) in [5.74, 6) is 4.68. The van der Waals surface area contributed by atoms with Crippen LogP contribution in [-0.4, -0.2) is 32.8 Å². The maximum Gasteiger partial charge on any atom is 0.276 e. The summed E-state index contributed by atoms with van der Waals surface area (Å²) in [5, 5.41) is 18.8. The number of pyridine rings is 1. The van der Waals surface area contributed by atoms with Crippen LogP contribution >= 0.6 is 11.6 Å². The summed E-state index contributed by atoms with van der Waals surface area (Å²) in [4.78, 5) is 29.2. The van der Waals surface area contributed by atoms with Crippen LogP contribution in [0, 0.1) is 11.8 Å². The van der Waals surface area contributed by atoms with E-state index in [0.29, 0.717) is 21.6 Å². The average molecular weight is 383 g/mol. The maximum absolute atomic E-state index is 12.6. The number of benzene rings is 1. The van der Waals surface area contributed by atoms with Gasteiger partial charge in [-0.25, -0.2) is 0 Å². The van der Waals surface area contributed by atoms with E-state index in [4.69, 9.17) is 16.7 Å². The Bertz CT molecular complexity index is 1100. The van der Waals surface area contributed by atoms with Crippen molar-refractivity contribution in [2.75, 3.05) is 6.61 Å². The van der Waals surface area contributed by atoms with Gasteiger partial charge < -0.3 is 10.4 Å². The predicted octanol–water partition coefficient (Wildman–Crippen LogP) is 1.44. The van der Waals surface area contributed by atoms with Gasteiger partial charge in [-0.1, -0.05) is 35.6 Å². The van der Waals surface area contributed by atoms with Crippen LogP contribution in [0.4, 0.5) is 0 Å². The zero-order valence-electron chi connectivity index (χ0n) is 14.1. The number of hydrogen-bond acceptors (Lipinski definition) is 5.